The molecule has 0 amide bonds. The first-order valence-corrected chi connectivity index (χ1v) is 9.10. The van der Waals surface area contributed by atoms with E-state index in [1.54, 1.807) is 0 Å². The second-order valence-corrected chi connectivity index (χ2v) is 6.59. The lowest BCUT2D eigenvalue weighted by Gasteiger charge is -2.15. The lowest BCUT2D eigenvalue weighted by atomic mass is 10.1. The first-order chi connectivity index (χ1) is 13.2. The van der Waals surface area contributed by atoms with Crippen molar-refractivity contribution in [1.29, 1.82) is 0 Å². The highest BCUT2D eigenvalue weighted by molar-refractivity contribution is 5.76. The Morgan fingerprint density at radius 3 is 2.41 bits per heavy atom. The van der Waals surface area contributed by atoms with E-state index < -0.39 is 6.10 Å². The number of nitrogens with zero attached hydrogens (tertiary/aromatic N) is 2. The molecule has 0 fully saturated rings. The lowest BCUT2D eigenvalue weighted by molar-refractivity contribution is 0.201. The fourth-order valence-corrected chi connectivity index (χ4v) is 3.21. The van der Waals surface area contributed by atoms with Crippen molar-refractivity contribution in [3.05, 3.63) is 95.8 Å². The molecule has 0 saturated carbocycles. The molecule has 1 atom stereocenters. The number of aliphatic hydroxyl groups excluding tert-OH is 1. The summed E-state index contributed by atoms with van der Waals surface area (Å²) >= 11 is 0. The van der Waals surface area contributed by atoms with Crippen LogP contribution >= 0.6 is 0 Å². The van der Waals surface area contributed by atoms with Crippen LogP contribution in [0.2, 0.25) is 0 Å². The summed E-state index contributed by atoms with van der Waals surface area (Å²) in [6.07, 6.45) is -0.780. The number of imidazole rings is 1. The summed E-state index contributed by atoms with van der Waals surface area (Å²) in [5.74, 6) is 1.48. The van der Waals surface area contributed by atoms with Gasteiger partial charge in [0, 0.05) is 0 Å². The molecule has 1 aromatic heterocycles. The zero-order valence-corrected chi connectivity index (χ0v) is 15.2. The van der Waals surface area contributed by atoms with Crippen molar-refractivity contribution in [2.75, 3.05) is 6.61 Å². The van der Waals surface area contributed by atoms with Gasteiger partial charge in [-0.05, 0) is 36.8 Å². The lowest BCUT2D eigenvalue weighted by Crippen LogP contribution is -2.14. The predicted octanol–water partition coefficient (Wildman–Crippen LogP) is 4.51. The average molecular weight is 358 g/mol. The Morgan fingerprint density at radius 1 is 0.926 bits per heavy atom. The van der Waals surface area contributed by atoms with Gasteiger partial charge in [0.25, 0.3) is 0 Å². The maximum absolute atomic E-state index is 10.9. The molecule has 1 unspecified atom stereocenters. The van der Waals surface area contributed by atoms with Crippen molar-refractivity contribution in [3.8, 4) is 5.75 Å². The molecule has 4 aromatic rings. The Hall–Kier alpha value is -3.11. The zero-order valence-electron chi connectivity index (χ0n) is 15.2. The van der Waals surface area contributed by atoms with Crippen molar-refractivity contribution in [1.82, 2.24) is 9.55 Å². The van der Waals surface area contributed by atoms with E-state index in [1.165, 1.54) is 5.56 Å². The van der Waals surface area contributed by atoms with Gasteiger partial charge in [-0.1, -0.05) is 60.2 Å². The van der Waals surface area contributed by atoms with Crippen LogP contribution in [0.4, 0.5) is 0 Å². The highest BCUT2D eigenvalue weighted by Gasteiger charge is 2.19. The van der Waals surface area contributed by atoms with Gasteiger partial charge in [0.15, 0.2) is 0 Å². The number of fused-ring (bicyclic) bond motifs is 1. The summed E-state index contributed by atoms with van der Waals surface area (Å²) in [5.41, 5.74) is 3.90. The third-order valence-corrected chi connectivity index (χ3v) is 4.65. The molecule has 0 aliphatic heterocycles. The van der Waals surface area contributed by atoms with Gasteiger partial charge < -0.3 is 14.4 Å². The molecular formula is C23H22N2O2. The van der Waals surface area contributed by atoms with Crippen LogP contribution < -0.4 is 4.74 Å². The van der Waals surface area contributed by atoms with Gasteiger partial charge in [0.05, 0.1) is 17.6 Å². The van der Waals surface area contributed by atoms with E-state index in [9.17, 15) is 5.11 Å². The molecule has 0 bridgehead atoms. The van der Waals surface area contributed by atoms with Gasteiger partial charge in [-0.2, -0.15) is 0 Å². The quantitative estimate of drug-likeness (QED) is 0.552. The molecule has 0 aliphatic rings. The topological polar surface area (TPSA) is 47.3 Å². The minimum atomic E-state index is -0.780. The van der Waals surface area contributed by atoms with E-state index in [4.69, 9.17) is 4.74 Å². The minimum Gasteiger partial charge on any atom is -0.492 e. The van der Waals surface area contributed by atoms with Gasteiger partial charge in [0.2, 0.25) is 0 Å². The Kier molecular flexibility index (Phi) is 4.90. The Bertz CT molecular complexity index is 1020. The van der Waals surface area contributed by atoms with Crippen LogP contribution in [-0.4, -0.2) is 21.3 Å². The predicted molar refractivity (Wildman–Crippen MR) is 107 cm³/mol. The minimum absolute atomic E-state index is 0.498. The fraction of sp³-hybridized carbons (Fsp3) is 0.174. The highest BCUT2D eigenvalue weighted by atomic mass is 16.5. The number of hydrogen-bond donors (Lipinski definition) is 1. The number of aryl methyl sites for hydroxylation is 1. The van der Waals surface area contributed by atoms with Gasteiger partial charge >= 0.3 is 0 Å². The molecule has 1 N–H and O–H groups in total. The van der Waals surface area contributed by atoms with Crippen molar-refractivity contribution in [2.45, 2.75) is 19.6 Å². The Labute approximate surface area is 158 Å². The summed E-state index contributed by atoms with van der Waals surface area (Å²) in [6, 6.07) is 25.6. The van der Waals surface area contributed by atoms with E-state index in [0.29, 0.717) is 19.0 Å². The number of ether oxygens (including phenoxy) is 1. The van der Waals surface area contributed by atoms with E-state index in [2.05, 4.69) is 11.9 Å². The van der Waals surface area contributed by atoms with Crippen molar-refractivity contribution < 1.29 is 9.84 Å². The molecule has 4 heteroatoms. The molecule has 0 spiro atoms. The van der Waals surface area contributed by atoms with Crippen LogP contribution in [0, 0.1) is 6.92 Å². The van der Waals surface area contributed by atoms with Gasteiger partial charge in [-0.15, -0.1) is 0 Å². The molecule has 4 rings (SSSR count). The van der Waals surface area contributed by atoms with Gasteiger partial charge in [0.1, 0.15) is 24.3 Å². The van der Waals surface area contributed by atoms with Crippen molar-refractivity contribution in [3.63, 3.8) is 0 Å². The number of para-hydroxylation sites is 2. The smallest absolute Gasteiger partial charge is 0.143 e. The molecule has 0 saturated heterocycles. The third-order valence-electron chi connectivity index (χ3n) is 4.65. The van der Waals surface area contributed by atoms with Crippen LogP contribution in [-0.2, 0) is 6.54 Å². The molecule has 27 heavy (non-hydrogen) atoms. The summed E-state index contributed by atoms with van der Waals surface area (Å²) in [5, 5.41) is 10.9. The largest absolute Gasteiger partial charge is 0.492 e. The van der Waals surface area contributed by atoms with Crippen LogP contribution in [0.15, 0.2) is 78.9 Å². The fourth-order valence-electron chi connectivity index (χ4n) is 3.21. The number of benzene rings is 3. The van der Waals surface area contributed by atoms with Crippen LogP contribution in [0.25, 0.3) is 11.0 Å². The number of rotatable bonds is 6. The van der Waals surface area contributed by atoms with E-state index >= 15 is 0 Å². The summed E-state index contributed by atoms with van der Waals surface area (Å²) in [7, 11) is 0. The standard InChI is InChI=1S/C23H22N2O2/c1-17-11-13-19(14-12-17)27-16-15-25-21-10-6-5-9-20(21)24-23(25)22(26)18-7-3-2-4-8-18/h2-14,22,26H,15-16H2,1H3. The highest BCUT2D eigenvalue weighted by Crippen LogP contribution is 2.25. The third kappa shape index (κ3) is 3.71. The first kappa shape index (κ1) is 17.3. The Balaban J connectivity index is 1.61. The van der Waals surface area contributed by atoms with Crippen LogP contribution in [0.3, 0.4) is 0 Å². The summed E-state index contributed by atoms with van der Waals surface area (Å²) in [4.78, 5) is 4.68. The second kappa shape index (κ2) is 7.64. The van der Waals surface area contributed by atoms with E-state index in [-0.39, 0.29) is 0 Å². The molecule has 4 nitrogen and oxygen atoms in total. The SMILES string of the molecule is Cc1ccc(OCCn2c(C(O)c3ccccc3)nc3ccccc32)cc1. The van der Waals surface area contributed by atoms with E-state index in [0.717, 1.165) is 22.3 Å². The van der Waals surface area contributed by atoms with Crippen molar-refractivity contribution >= 4 is 11.0 Å². The Morgan fingerprint density at radius 2 is 1.63 bits per heavy atom. The molecular weight excluding hydrogens is 336 g/mol. The number of hydrogen-bond acceptors (Lipinski definition) is 3. The maximum atomic E-state index is 10.9. The van der Waals surface area contributed by atoms with Gasteiger partial charge in [-0.25, -0.2) is 4.98 Å². The maximum Gasteiger partial charge on any atom is 0.143 e. The van der Waals surface area contributed by atoms with Crippen LogP contribution in [0.5, 0.6) is 5.75 Å². The molecule has 0 aliphatic carbocycles. The molecule has 3 aromatic carbocycles. The normalized spacial score (nSPS) is 12.2. The molecule has 1 heterocycles. The second-order valence-electron chi connectivity index (χ2n) is 6.59. The molecule has 136 valence electrons. The van der Waals surface area contributed by atoms with Gasteiger partial charge in [-0.3, -0.25) is 0 Å². The first-order valence-electron chi connectivity index (χ1n) is 9.10. The molecule has 0 radical (unpaired) electrons. The van der Waals surface area contributed by atoms with E-state index in [1.807, 2.05) is 83.4 Å². The summed E-state index contributed by atoms with van der Waals surface area (Å²) < 4.78 is 7.94. The zero-order chi connectivity index (χ0) is 18.6. The number of aliphatic hydroxyl groups is 1. The summed E-state index contributed by atoms with van der Waals surface area (Å²) in [6.45, 7) is 3.16. The number of aromatic nitrogens is 2. The monoisotopic (exact) mass is 358 g/mol. The van der Waals surface area contributed by atoms with Crippen LogP contribution in [0.1, 0.15) is 23.1 Å². The van der Waals surface area contributed by atoms with Crippen molar-refractivity contribution in [2.24, 2.45) is 0 Å². The average Bonchev–Trinajstić information content (AvgIpc) is 3.08.